The van der Waals surface area contributed by atoms with E-state index in [1.165, 1.54) is 0 Å². The van der Waals surface area contributed by atoms with Crippen molar-refractivity contribution in [2.75, 3.05) is 5.32 Å². The average Bonchev–Trinajstić information content (AvgIpc) is 3.06. The second-order valence-electron chi connectivity index (χ2n) is 8.49. The number of aromatic amines is 1. The summed E-state index contributed by atoms with van der Waals surface area (Å²) in [4.78, 5) is 24.6. The predicted octanol–water partition coefficient (Wildman–Crippen LogP) is 2.44. The Balaban J connectivity index is 1.58. The molecule has 1 saturated heterocycles. The lowest BCUT2D eigenvalue weighted by molar-refractivity contribution is -0.137. The number of benzene rings is 1. The van der Waals surface area contributed by atoms with Crippen molar-refractivity contribution >= 4 is 17.5 Å². The fourth-order valence-corrected chi connectivity index (χ4v) is 4.02. The van der Waals surface area contributed by atoms with Gasteiger partial charge in [-0.25, -0.2) is 0 Å². The zero-order valence-corrected chi connectivity index (χ0v) is 16.2. The number of carbonyl (C=O) groups is 2. The van der Waals surface area contributed by atoms with Gasteiger partial charge in [-0.15, -0.1) is 0 Å². The first kappa shape index (κ1) is 19.1. The molecule has 1 aliphatic heterocycles. The number of hydrogen-bond acceptors (Lipinski definition) is 4. The van der Waals surface area contributed by atoms with Crippen LogP contribution in [-0.4, -0.2) is 39.1 Å². The predicted molar refractivity (Wildman–Crippen MR) is 105 cm³/mol. The third kappa shape index (κ3) is 4.95. The molecule has 144 valence electrons. The molecule has 7 heteroatoms. The van der Waals surface area contributed by atoms with Crippen molar-refractivity contribution in [3.8, 4) is 11.1 Å². The van der Waals surface area contributed by atoms with Crippen molar-refractivity contribution in [1.29, 1.82) is 0 Å². The van der Waals surface area contributed by atoms with E-state index in [1.807, 2.05) is 12.1 Å². The van der Waals surface area contributed by atoms with E-state index < -0.39 is 11.8 Å². The van der Waals surface area contributed by atoms with Gasteiger partial charge in [-0.3, -0.25) is 14.7 Å². The van der Waals surface area contributed by atoms with E-state index in [0.717, 1.165) is 24.0 Å². The summed E-state index contributed by atoms with van der Waals surface area (Å²) >= 11 is 0. The summed E-state index contributed by atoms with van der Waals surface area (Å²) < 4.78 is 0. The van der Waals surface area contributed by atoms with Crippen LogP contribution in [-0.2, 0) is 9.59 Å². The van der Waals surface area contributed by atoms with E-state index in [0.29, 0.717) is 5.69 Å². The third-order valence-corrected chi connectivity index (χ3v) is 4.71. The van der Waals surface area contributed by atoms with Crippen LogP contribution in [0.1, 0.15) is 40.5 Å². The standard InChI is InChI=1S/C20H27N5O2/c1-19(2)9-16(10-20(3,4)25-19)24-18(27)17(26)23-15-7-5-13(6-8-15)14-11-21-22-12-14/h5-8,11-12,16,25H,9-10H2,1-4H3,(H,21,22)(H,23,26)(H,24,27). The second-order valence-corrected chi connectivity index (χ2v) is 8.49. The Bertz CT molecular complexity index is 793. The summed E-state index contributed by atoms with van der Waals surface area (Å²) in [5, 5.41) is 15.8. The summed E-state index contributed by atoms with van der Waals surface area (Å²) in [6.07, 6.45) is 5.07. The quantitative estimate of drug-likeness (QED) is 0.625. The zero-order valence-electron chi connectivity index (χ0n) is 16.2. The van der Waals surface area contributed by atoms with Gasteiger partial charge >= 0.3 is 11.8 Å². The maximum absolute atomic E-state index is 12.3. The molecule has 0 unspecified atom stereocenters. The molecule has 0 radical (unpaired) electrons. The van der Waals surface area contributed by atoms with Crippen LogP contribution in [0.25, 0.3) is 11.1 Å². The maximum Gasteiger partial charge on any atom is 0.313 e. The summed E-state index contributed by atoms with van der Waals surface area (Å²) in [6.45, 7) is 8.42. The number of piperidine rings is 1. The molecule has 0 spiro atoms. The van der Waals surface area contributed by atoms with Gasteiger partial charge in [0.2, 0.25) is 0 Å². The molecule has 0 aliphatic carbocycles. The molecule has 3 rings (SSSR count). The minimum absolute atomic E-state index is 0.0435. The Hall–Kier alpha value is -2.67. The lowest BCUT2D eigenvalue weighted by atomic mass is 9.79. The van der Waals surface area contributed by atoms with E-state index in [4.69, 9.17) is 0 Å². The summed E-state index contributed by atoms with van der Waals surface area (Å²) in [5.41, 5.74) is 2.32. The van der Waals surface area contributed by atoms with Crippen LogP contribution < -0.4 is 16.0 Å². The molecular weight excluding hydrogens is 342 g/mol. The van der Waals surface area contributed by atoms with Crippen molar-refractivity contribution in [2.45, 2.75) is 57.7 Å². The van der Waals surface area contributed by atoms with Crippen LogP contribution in [0, 0.1) is 0 Å². The number of hydrogen-bond donors (Lipinski definition) is 4. The fraction of sp³-hybridized carbons (Fsp3) is 0.450. The monoisotopic (exact) mass is 369 g/mol. The van der Waals surface area contributed by atoms with Gasteiger partial charge in [0.05, 0.1) is 6.20 Å². The number of nitrogens with zero attached hydrogens (tertiary/aromatic N) is 1. The molecule has 1 aromatic carbocycles. The van der Waals surface area contributed by atoms with Gasteiger partial charge in [0, 0.05) is 34.6 Å². The summed E-state index contributed by atoms with van der Waals surface area (Å²) in [6, 6.07) is 7.24. The van der Waals surface area contributed by atoms with Crippen molar-refractivity contribution in [2.24, 2.45) is 0 Å². The van der Waals surface area contributed by atoms with Crippen molar-refractivity contribution < 1.29 is 9.59 Å². The van der Waals surface area contributed by atoms with Gasteiger partial charge in [0.15, 0.2) is 0 Å². The Morgan fingerprint density at radius 2 is 1.63 bits per heavy atom. The van der Waals surface area contributed by atoms with Crippen LogP contribution in [0.4, 0.5) is 5.69 Å². The minimum atomic E-state index is -0.653. The third-order valence-electron chi connectivity index (χ3n) is 4.71. The zero-order chi connectivity index (χ0) is 19.7. The second kappa shape index (κ2) is 7.15. The van der Waals surface area contributed by atoms with Gasteiger partial charge in [-0.05, 0) is 58.2 Å². The van der Waals surface area contributed by atoms with Crippen molar-refractivity contribution in [3.05, 3.63) is 36.7 Å². The molecule has 2 heterocycles. The van der Waals surface area contributed by atoms with Gasteiger partial charge in [0.25, 0.3) is 0 Å². The summed E-state index contributed by atoms with van der Waals surface area (Å²) in [7, 11) is 0. The highest BCUT2D eigenvalue weighted by molar-refractivity contribution is 6.39. The van der Waals surface area contributed by atoms with E-state index in [2.05, 4.69) is 53.8 Å². The van der Waals surface area contributed by atoms with E-state index in [9.17, 15) is 9.59 Å². The number of aromatic nitrogens is 2. The largest absolute Gasteiger partial charge is 0.345 e. The highest BCUT2D eigenvalue weighted by atomic mass is 16.2. The van der Waals surface area contributed by atoms with E-state index >= 15 is 0 Å². The molecule has 2 amide bonds. The lowest BCUT2D eigenvalue weighted by Gasteiger charge is -2.46. The van der Waals surface area contributed by atoms with Gasteiger partial charge in [-0.2, -0.15) is 5.10 Å². The van der Waals surface area contributed by atoms with Crippen LogP contribution >= 0.6 is 0 Å². The number of anilines is 1. The van der Waals surface area contributed by atoms with Gasteiger partial charge in [-0.1, -0.05) is 12.1 Å². The van der Waals surface area contributed by atoms with E-state index in [1.54, 1.807) is 24.5 Å². The molecule has 1 fully saturated rings. The molecule has 1 aliphatic rings. The number of carbonyl (C=O) groups excluding carboxylic acids is 2. The van der Waals surface area contributed by atoms with E-state index in [-0.39, 0.29) is 17.1 Å². The normalized spacial score (nSPS) is 18.7. The number of rotatable bonds is 3. The van der Waals surface area contributed by atoms with Crippen molar-refractivity contribution in [3.63, 3.8) is 0 Å². The minimum Gasteiger partial charge on any atom is -0.345 e. The SMILES string of the molecule is CC1(C)CC(NC(=O)C(=O)Nc2ccc(-c3cn[nH]c3)cc2)CC(C)(C)N1. The molecule has 4 N–H and O–H groups in total. The number of nitrogens with one attached hydrogen (secondary N) is 4. The Labute approximate surface area is 159 Å². The van der Waals surface area contributed by atoms with Gasteiger partial charge in [0.1, 0.15) is 0 Å². The van der Waals surface area contributed by atoms with Crippen molar-refractivity contribution in [1.82, 2.24) is 20.8 Å². The molecule has 0 atom stereocenters. The molecule has 2 aromatic rings. The topological polar surface area (TPSA) is 98.9 Å². The first-order valence-corrected chi connectivity index (χ1v) is 9.14. The Morgan fingerprint density at radius 1 is 1.00 bits per heavy atom. The van der Waals surface area contributed by atoms with Crippen LogP contribution in [0.5, 0.6) is 0 Å². The first-order valence-electron chi connectivity index (χ1n) is 9.14. The number of amides is 2. The van der Waals surface area contributed by atoms with Crippen LogP contribution in [0.15, 0.2) is 36.7 Å². The molecular formula is C20H27N5O2. The van der Waals surface area contributed by atoms with Crippen LogP contribution in [0.2, 0.25) is 0 Å². The highest BCUT2D eigenvalue weighted by Crippen LogP contribution is 2.28. The Kier molecular flexibility index (Phi) is 5.06. The van der Waals surface area contributed by atoms with Gasteiger partial charge < -0.3 is 16.0 Å². The fourth-order valence-electron chi connectivity index (χ4n) is 4.02. The summed E-state index contributed by atoms with van der Waals surface area (Å²) in [5.74, 6) is -1.26. The number of H-pyrrole nitrogens is 1. The smallest absolute Gasteiger partial charge is 0.313 e. The highest BCUT2D eigenvalue weighted by Gasteiger charge is 2.38. The van der Waals surface area contributed by atoms with Crippen LogP contribution in [0.3, 0.4) is 0 Å². The maximum atomic E-state index is 12.3. The molecule has 7 nitrogen and oxygen atoms in total. The first-order chi connectivity index (χ1) is 12.6. The molecule has 27 heavy (non-hydrogen) atoms. The lowest BCUT2D eigenvalue weighted by Crippen LogP contribution is -2.62. The molecule has 0 bridgehead atoms. The molecule has 1 aromatic heterocycles. The average molecular weight is 369 g/mol. The molecule has 0 saturated carbocycles. The Morgan fingerprint density at radius 3 is 2.19 bits per heavy atom.